The summed E-state index contributed by atoms with van der Waals surface area (Å²) in [7, 11) is 0. The van der Waals surface area contributed by atoms with Crippen molar-refractivity contribution in [1.82, 2.24) is 0 Å². The maximum absolute atomic E-state index is 13.1. The number of para-hydroxylation sites is 4. The second-order valence-electron chi connectivity index (χ2n) is 21.4. The number of aliphatic imine (C=N–C) groups is 2. The number of amides is 2. The van der Waals surface area contributed by atoms with Gasteiger partial charge in [0.2, 0.25) is 0 Å². The maximum Gasteiger partial charge on any atom is 0.259 e. The van der Waals surface area contributed by atoms with Gasteiger partial charge in [-0.2, -0.15) is 0 Å². The lowest BCUT2D eigenvalue weighted by atomic mass is 9.92. The van der Waals surface area contributed by atoms with E-state index in [1.54, 1.807) is 51.6 Å². The number of thiophene rings is 4. The van der Waals surface area contributed by atoms with Crippen molar-refractivity contribution in [2.45, 2.75) is 51.6 Å². The molecule has 2 unspecified atom stereocenters. The third-order valence-corrected chi connectivity index (χ3v) is 19.0. The molecule has 0 saturated carbocycles. The molecule has 4 aromatic heterocycles. The van der Waals surface area contributed by atoms with E-state index in [1.165, 1.54) is 19.5 Å². The lowest BCUT2D eigenvalue weighted by Gasteiger charge is -2.36. The van der Waals surface area contributed by atoms with Crippen LogP contribution in [0.25, 0.3) is 0 Å². The van der Waals surface area contributed by atoms with Crippen molar-refractivity contribution >= 4 is 104 Å². The summed E-state index contributed by atoms with van der Waals surface area (Å²) in [5, 5.41) is 4.08. The molecular weight excluding hydrogens is 1190 g/mol. The fourth-order valence-corrected chi connectivity index (χ4v) is 14.0. The van der Waals surface area contributed by atoms with Crippen LogP contribution in [0.1, 0.15) is 105 Å². The largest absolute Gasteiger partial charge is 0.300 e. The molecule has 0 N–H and O–H groups in total. The molecule has 0 fully saturated rings. The van der Waals surface area contributed by atoms with Crippen molar-refractivity contribution in [3.8, 4) is 0 Å². The monoisotopic (exact) mass is 1250 g/mol. The highest BCUT2D eigenvalue weighted by Gasteiger charge is 2.36. The van der Waals surface area contributed by atoms with Crippen molar-refractivity contribution < 1.29 is 19.2 Å². The van der Waals surface area contributed by atoms with Crippen LogP contribution in [0.15, 0.2) is 288 Å². The average Bonchev–Trinajstić information content (AvgIpc) is 2.33. The Labute approximate surface area is 542 Å². The van der Waals surface area contributed by atoms with Crippen LogP contribution in [-0.2, 0) is 25.7 Å². The summed E-state index contributed by atoms with van der Waals surface area (Å²) < 4.78 is 0. The van der Waals surface area contributed by atoms with E-state index >= 15 is 0 Å². The summed E-state index contributed by atoms with van der Waals surface area (Å²) in [6.45, 7) is 4.18. The molecule has 0 spiro atoms. The number of anilines is 2. The number of hydrogen-bond acceptors (Lipinski definition) is 10. The number of carbonyl (C=O) groups excluding carboxylic acids is 4. The Morgan fingerprint density at radius 1 is 0.411 bits per heavy atom. The quantitative estimate of drug-likeness (QED) is 0.0800. The van der Waals surface area contributed by atoms with Crippen LogP contribution in [0.5, 0.6) is 0 Å². The highest BCUT2D eigenvalue weighted by Crippen LogP contribution is 2.41. The van der Waals surface area contributed by atoms with Gasteiger partial charge in [0.05, 0.1) is 23.5 Å². The van der Waals surface area contributed by atoms with Crippen molar-refractivity contribution in [1.29, 1.82) is 0 Å². The standard InChI is InChI=1S/2C20H17NOS.2C19H15NOS/c1-14-11-12-19(23-14)18-13-15-7-5-6-10-17(15)20(22)21(18)16-8-3-2-4-9-16;1-15-11-12-17(23-15)14-21-19-10-6-5-9-18(19)20(22)13-16-7-3-2-4-8-16;21-19-16-10-5-4-7-14(16)13-17(18-11-6-12-22-18)20(19)15-8-2-1-3-9-15;21-19(13-15-7-2-1-3-8-15)17-10-4-5-11-18(17)20-14-16-9-6-12-22-16/h2-12,18H,13H2,1H3;2-12,14H,13H2,1H3;1-12,17H,13H2;1-12,14H,13H2. The molecule has 0 aliphatic carbocycles. The molecule has 8 aromatic carbocycles. The summed E-state index contributed by atoms with van der Waals surface area (Å²) in [4.78, 5) is 71.3. The summed E-state index contributed by atoms with van der Waals surface area (Å²) >= 11 is 6.80. The van der Waals surface area contributed by atoms with E-state index in [9.17, 15) is 19.2 Å². The van der Waals surface area contributed by atoms with Crippen molar-refractivity contribution in [2.75, 3.05) is 9.80 Å². The number of nitrogens with zero attached hydrogens (tertiary/aromatic N) is 4. The number of ketones is 2. The number of rotatable bonds is 14. The van der Waals surface area contributed by atoms with Gasteiger partial charge >= 0.3 is 0 Å². The predicted octanol–water partition coefficient (Wildman–Crippen LogP) is 19.8. The second-order valence-corrected chi connectivity index (χ2v) is 26.0. The fraction of sp³-hybridized carbons (Fsp3) is 0.103. The van der Waals surface area contributed by atoms with Crippen LogP contribution in [0.4, 0.5) is 22.7 Å². The average molecular weight is 1250 g/mol. The number of benzene rings is 8. The van der Waals surface area contributed by atoms with Crippen molar-refractivity contribution in [3.05, 3.63) is 351 Å². The summed E-state index contributed by atoms with van der Waals surface area (Å²) in [5.41, 5.74) is 10.6. The number of aryl methyl sites for hydroxylation is 2. The van der Waals surface area contributed by atoms with Gasteiger partial charge in [-0.15, -0.1) is 45.3 Å². The van der Waals surface area contributed by atoms with Crippen LogP contribution < -0.4 is 9.80 Å². The van der Waals surface area contributed by atoms with Crippen LogP contribution in [-0.4, -0.2) is 35.8 Å². The van der Waals surface area contributed by atoms with Gasteiger partial charge in [0, 0.05) is 88.2 Å². The maximum atomic E-state index is 13.1. The van der Waals surface area contributed by atoms with E-state index in [0.717, 1.165) is 78.7 Å². The predicted molar refractivity (Wildman–Crippen MR) is 375 cm³/mol. The summed E-state index contributed by atoms with van der Waals surface area (Å²) in [6, 6.07) is 87.1. The van der Waals surface area contributed by atoms with Crippen molar-refractivity contribution in [3.63, 3.8) is 0 Å². The SMILES string of the molecule is Cc1ccc(C2Cc3ccccc3C(=O)N2c2ccccc2)s1.Cc1ccc(C=Nc2ccccc2C(=O)Cc2ccccc2)s1.O=C(Cc1ccccc1)c1ccccc1N=Cc1cccs1.O=C1c2ccccc2CC(c2cccs2)N1c1ccccc1. The number of carbonyl (C=O) groups is 4. The highest BCUT2D eigenvalue weighted by atomic mass is 32.1. The summed E-state index contributed by atoms with van der Waals surface area (Å²) in [5.74, 6) is 0.358. The molecule has 14 rings (SSSR count). The van der Waals surface area contributed by atoms with Gasteiger partial charge in [-0.25, -0.2) is 0 Å². The highest BCUT2D eigenvalue weighted by molar-refractivity contribution is 7.13. The molecule has 90 heavy (non-hydrogen) atoms. The number of fused-ring (bicyclic) bond motifs is 2. The third kappa shape index (κ3) is 15.7. The van der Waals surface area contributed by atoms with Gasteiger partial charge in [0.1, 0.15) is 0 Å². The normalized spacial score (nSPS) is 14.1. The van der Waals surface area contributed by atoms with Gasteiger partial charge < -0.3 is 0 Å². The first-order valence-electron chi connectivity index (χ1n) is 29.7. The number of Topliss-reactive ketones (excluding diaryl/α,β-unsaturated/α-hetero) is 2. The van der Waals surface area contributed by atoms with Gasteiger partial charge in [-0.05, 0) is 157 Å². The fourth-order valence-electron chi connectivity index (χ4n) is 10.8. The van der Waals surface area contributed by atoms with E-state index in [4.69, 9.17) is 0 Å². The minimum Gasteiger partial charge on any atom is -0.300 e. The Morgan fingerprint density at radius 2 is 0.833 bits per heavy atom. The molecule has 0 saturated heterocycles. The molecule has 0 bridgehead atoms. The molecule has 8 nitrogen and oxygen atoms in total. The zero-order chi connectivity index (χ0) is 62.0. The molecule has 444 valence electrons. The topological polar surface area (TPSA) is 99.5 Å². The Morgan fingerprint density at radius 3 is 1.29 bits per heavy atom. The van der Waals surface area contributed by atoms with E-state index in [1.807, 2.05) is 252 Å². The smallest absolute Gasteiger partial charge is 0.259 e. The van der Waals surface area contributed by atoms with E-state index in [0.29, 0.717) is 24.0 Å². The first-order chi connectivity index (χ1) is 44.1. The Balaban J connectivity index is 0.000000123. The van der Waals surface area contributed by atoms with E-state index < -0.39 is 0 Å². The van der Waals surface area contributed by atoms with Gasteiger partial charge in [0.15, 0.2) is 11.6 Å². The zero-order valence-electron chi connectivity index (χ0n) is 49.8. The van der Waals surface area contributed by atoms with Gasteiger partial charge in [0.25, 0.3) is 11.8 Å². The molecule has 2 atom stereocenters. The van der Waals surface area contributed by atoms with E-state index in [2.05, 4.69) is 65.6 Å². The molecule has 2 aliphatic heterocycles. The van der Waals surface area contributed by atoms with Crippen LogP contribution in [0, 0.1) is 13.8 Å². The molecule has 12 aromatic rings. The number of hydrogen-bond donors (Lipinski definition) is 0. The van der Waals surface area contributed by atoms with Crippen LogP contribution >= 0.6 is 45.3 Å². The van der Waals surface area contributed by atoms with Crippen LogP contribution in [0.3, 0.4) is 0 Å². The summed E-state index contributed by atoms with van der Waals surface area (Å²) in [6.07, 6.45) is 6.14. The molecule has 6 heterocycles. The Bertz CT molecular complexity index is 4390. The Kier molecular flexibility index (Phi) is 20.9. The molecule has 2 amide bonds. The molecule has 2 aliphatic rings. The van der Waals surface area contributed by atoms with Gasteiger partial charge in [-0.1, -0.05) is 170 Å². The Hall–Kier alpha value is -9.82. The molecular formula is C78H64N4O4S4. The third-order valence-electron chi connectivity index (χ3n) is 15.2. The first-order valence-corrected chi connectivity index (χ1v) is 33.1. The minimum absolute atomic E-state index is 0.0681. The zero-order valence-corrected chi connectivity index (χ0v) is 53.0. The first kappa shape index (κ1) is 61.8. The second kappa shape index (κ2) is 30.4. The molecule has 12 heteroatoms. The van der Waals surface area contributed by atoms with Crippen molar-refractivity contribution in [2.24, 2.45) is 9.98 Å². The van der Waals surface area contributed by atoms with Gasteiger partial charge in [-0.3, -0.25) is 39.0 Å². The molecule has 0 radical (unpaired) electrons. The minimum atomic E-state index is 0.0681. The van der Waals surface area contributed by atoms with E-state index in [-0.39, 0.29) is 35.5 Å². The van der Waals surface area contributed by atoms with Crippen LogP contribution in [0.2, 0.25) is 0 Å². The lowest BCUT2D eigenvalue weighted by molar-refractivity contribution is 0.0959. The lowest BCUT2D eigenvalue weighted by Crippen LogP contribution is -2.40.